The van der Waals surface area contributed by atoms with E-state index in [-0.39, 0.29) is 11.8 Å². The van der Waals surface area contributed by atoms with Crippen molar-refractivity contribution in [2.75, 3.05) is 10.6 Å². The molecule has 0 unspecified atom stereocenters. The molecule has 0 heterocycles. The number of benzene rings is 3. The first-order valence-electron chi connectivity index (χ1n) is 7.96. The minimum atomic E-state index is -0.208. The van der Waals surface area contributed by atoms with Gasteiger partial charge in [-0.1, -0.05) is 42.5 Å². The summed E-state index contributed by atoms with van der Waals surface area (Å²) in [7, 11) is 0. The number of rotatable bonds is 4. The van der Waals surface area contributed by atoms with E-state index in [1.807, 2.05) is 48.5 Å². The van der Waals surface area contributed by atoms with Crippen LogP contribution < -0.4 is 10.6 Å². The number of fused-ring (bicyclic) bond motifs is 1. The second kappa shape index (κ2) is 7.45. The van der Waals surface area contributed by atoms with E-state index in [0.29, 0.717) is 11.4 Å². The summed E-state index contributed by atoms with van der Waals surface area (Å²) in [6.07, 6.45) is 3.33. The Bertz CT molecular complexity index is 938. The van der Waals surface area contributed by atoms with Crippen molar-refractivity contribution in [1.82, 2.24) is 0 Å². The van der Waals surface area contributed by atoms with E-state index in [4.69, 9.17) is 0 Å². The van der Waals surface area contributed by atoms with E-state index in [9.17, 15) is 9.59 Å². The molecule has 3 aromatic rings. The van der Waals surface area contributed by atoms with Crippen molar-refractivity contribution in [2.24, 2.45) is 0 Å². The first-order valence-corrected chi connectivity index (χ1v) is 7.96. The molecular weight excluding hydrogens is 312 g/mol. The average molecular weight is 330 g/mol. The fourth-order valence-corrected chi connectivity index (χ4v) is 2.59. The highest BCUT2D eigenvalue weighted by Crippen LogP contribution is 2.19. The summed E-state index contributed by atoms with van der Waals surface area (Å²) >= 11 is 0. The van der Waals surface area contributed by atoms with E-state index in [0.717, 1.165) is 16.3 Å². The third-order valence-electron chi connectivity index (χ3n) is 3.71. The molecule has 4 heteroatoms. The third kappa shape index (κ3) is 4.32. The van der Waals surface area contributed by atoms with E-state index < -0.39 is 0 Å². The molecule has 0 saturated carbocycles. The van der Waals surface area contributed by atoms with Gasteiger partial charge < -0.3 is 10.6 Å². The Morgan fingerprint density at radius 3 is 2.16 bits per heavy atom. The number of amides is 2. The Morgan fingerprint density at radius 2 is 1.44 bits per heavy atom. The summed E-state index contributed by atoms with van der Waals surface area (Å²) in [5, 5.41) is 7.73. The van der Waals surface area contributed by atoms with Gasteiger partial charge in [0.1, 0.15) is 0 Å². The van der Waals surface area contributed by atoms with Gasteiger partial charge >= 0.3 is 0 Å². The standard InChI is InChI=1S/C21H18N2O2/c1-15(24)22-18-10-12-19(13-11-18)23-21(25)14-9-17-7-4-6-16-5-2-3-8-20(16)17/h2-14H,1H3,(H,22,24)(H,23,25)/b14-9-. The molecule has 0 aromatic heterocycles. The number of anilines is 2. The second-order valence-corrected chi connectivity index (χ2v) is 5.65. The Labute approximate surface area is 146 Å². The summed E-state index contributed by atoms with van der Waals surface area (Å²) in [5.41, 5.74) is 2.35. The Kier molecular flexibility index (Phi) is 4.90. The number of nitrogens with one attached hydrogen (secondary N) is 2. The highest BCUT2D eigenvalue weighted by atomic mass is 16.2. The van der Waals surface area contributed by atoms with E-state index >= 15 is 0 Å². The van der Waals surface area contributed by atoms with Crippen LogP contribution in [0.3, 0.4) is 0 Å². The van der Waals surface area contributed by atoms with Gasteiger partial charge in [0, 0.05) is 24.4 Å². The van der Waals surface area contributed by atoms with Gasteiger partial charge in [0.25, 0.3) is 0 Å². The molecular formula is C21H18N2O2. The fourth-order valence-electron chi connectivity index (χ4n) is 2.59. The zero-order valence-electron chi connectivity index (χ0n) is 13.8. The van der Waals surface area contributed by atoms with Crippen LogP contribution >= 0.6 is 0 Å². The maximum Gasteiger partial charge on any atom is 0.248 e. The maximum absolute atomic E-state index is 12.1. The molecule has 3 rings (SSSR count). The van der Waals surface area contributed by atoms with Crippen molar-refractivity contribution in [3.63, 3.8) is 0 Å². The number of hydrogen-bond acceptors (Lipinski definition) is 2. The topological polar surface area (TPSA) is 58.2 Å². The zero-order chi connectivity index (χ0) is 17.6. The monoisotopic (exact) mass is 330 g/mol. The van der Waals surface area contributed by atoms with Gasteiger partial charge in [-0.2, -0.15) is 0 Å². The minimum Gasteiger partial charge on any atom is -0.326 e. The molecule has 0 aliphatic rings. The van der Waals surface area contributed by atoms with Crippen LogP contribution in [-0.2, 0) is 9.59 Å². The highest BCUT2D eigenvalue weighted by Gasteiger charge is 2.01. The lowest BCUT2D eigenvalue weighted by atomic mass is 10.0. The van der Waals surface area contributed by atoms with E-state index in [1.165, 1.54) is 13.0 Å². The summed E-state index contributed by atoms with van der Waals surface area (Å²) in [5.74, 6) is -0.338. The fraction of sp³-hybridized carbons (Fsp3) is 0.0476. The summed E-state index contributed by atoms with van der Waals surface area (Å²) in [6.45, 7) is 1.45. The van der Waals surface area contributed by atoms with Gasteiger partial charge in [-0.25, -0.2) is 0 Å². The van der Waals surface area contributed by atoms with Crippen molar-refractivity contribution >= 4 is 40.0 Å². The molecule has 0 fully saturated rings. The van der Waals surface area contributed by atoms with Crippen LogP contribution in [0.5, 0.6) is 0 Å². The average Bonchev–Trinajstić information content (AvgIpc) is 2.61. The van der Waals surface area contributed by atoms with Crippen molar-refractivity contribution in [3.05, 3.63) is 78.4 Å². The predicted octanol–water partition coefficient (Wildman–Crippen LogP) is 4.45. The van der Waals surface area contributed by atoms with Crippen LogP contribution in [0.15, 0.2) is 72.8 Å². The van der Waals surface area contributed by atoms with Crippen LogP contribution in [-0.4, -0.2) is 11.8 Å². The second-order valence-electron chi connectivity index (χ2n) is 5.65. The summed E-state index contributed by atoms with van der Waals surface area (Å²) in [6, 6.07) is 21.0. The summed E-state index contributed by atoms with van der Waals surface area (Å²) < 4.78 is 0. The van der Waals surface area contributed by atoms with Crippen LogP contribution in [0, 0.1) is 0 Å². The molecule has 4 nitrogen and oxygen atoms in total. The molecule has 2 amide bonds. The van der Waals surface area contributed by atoms with Gasteiger partial charge in [0.15, 0.2) is 0 Å². The van der Waals surface area contributed by atoms with Crippen molar-refractivity contribution in [3.8, 4) is 0 Å². The van der Waals surface area contributed by atoms with E-state index in [1.54, 1.807) is 24.3 Å². The molecule has 0 aliphatic carbocycles. The Morgan fingerprint density at radius 1 is 0.800 bits per heavy atom. The quantitative estimate of drug-likeness (QED) is 0.694. The molecule has 3 aromatic carbocycles. The molecule has 0 spiro atoms. The molecule has 0 bridgehead atoms. The lowest BCUT2D eigenvalue weighted by molar-refractivity contribution is -0.114. The van der Waals surface area contributed by atoms with Crippen molar-refractivity contribution < 1.29 is 9.59 Å². The molecule has 124 valence electrons. The van der Waals surface area contributed by atoms with Crippen LogP contribution in [0.2, 0.25) is 0 Å². The predicted molar refractivity (Wildman–Crippen MR) is 102 cm³/mol. The third-order valence-corrected chi connectivity index (χ3v) is 3.71. The molecule has 0 saturated heterocycles. The first-order chi connectivity index (χ1) is 12.1. The van der Waals surface area contributed by atoms with Gasteiger partial charge in [-0.3, -0.25) is 9.59 Å². The SMILES string of the molecule is CC(=O)Nc1ccc(NC(=O)/C=C\c2cccc3ccccc23)cc1. The van der Waals surface area contributed by atoms with Crippen LogP contribution in [0.1, 0.15) is 12.5 Å². The highest BCUT2D eigenvalue weighted by molar-refractivity contribution is 6.03. The van der Waals surface area contributed by atoms with Crippen LogP contribution in [0.25, 0.3) is 16.8 Å². The Hall–Kier alpha value is -3.40. The summed E-state index contributed by atoms with van der Waals surface area (Å²) in [4.78, 5) is 23.1. The molecule has 0 radical (unpaired) electrons. The number of carbonyl (C=O) groups is 2. The Balaban J connectivity index is 1.69. The van der Waals surface area contributed by atoms with Crippen molar-refractivity contribution in [2.45, 2.75) is 6.92 Å². The van der Waals surface area contributed by atoms with Gasteiger partial charge in [0.2, 0.25) is 11.8 Å². The molecule has 0 aliphatic heterocycles. The number of carbonyl (C=O) groups excluding carboxylic acids is 2. The lowest BCUT2D eigenvalue weighted by Crippen LogP contribution is -2.08. The minimum absolute atomic E-state index is 0.130. The smallest absolute Gasteiger partial charge is 0.248 e. The van der Waals surface area contributed by atoms with Gasteiger partial charge in [0.05, 0.1) is 0 Å². The lowest BCUT2D eigenvalue weighted by Gasteiger charge is -2.05. The molecule has 25 heavy (non-hydrogen) atoms. The number of hydrogen-bond donors (Lipinski definition) is 2. The molecule has 2 N–H and O–H groups in total. The van der Waals surface area contributed by atoms with Crippen LogP contribution in [0.4, 0.5) is 11.4 Å². The maximum atomic E-state index is 12.1. The zero-order valence-corrected chi connectivity index (χ0v) is 13.8. The van der Waals surface area contributed by atoms with Gasteiger partial charge in [-0.15, -0.1) is 0 Å². The largest absolute Gasteiger partial charge is 0.326 e. The first kappa shape index (κ1) is 16.5. The normalized spacial score (nSPS) is 10.8. The molecule has 0 atom stereocenters. The van der Waals surface area contributed by atoms with Gasteiger partial charge in [-0.05, 0) is 46.7 Å². The van der Waals surface area contributed by atoms with E-state index in [2.05, 4.69) is 10.6 Å². The van der Waals surface area contributed by atoms with Crippen molar-refractivity contribution in [1.29, 1.82) is 0 Å².